The van der Waals surface area contributed by atoms with Crippen LogP contribution >= 0.6 is 7.49 Å². The van der Waals surface area contributed by atoms with Crippen LogP contribution in [0.15, 0.2) is 0 Å². The van der Waals surface area contributed by atoms with Gasteiger partial charge in [0.2, 0.25) is 0 Å². The van der Waals surface area contributed by atoms with Crippen molar-refractivity contribution in [2.45, 2.75) is 136 Å². The number of rotatable bonds is 21. The average Bonchev–Trinajstić information content (AvgIpc) is 2.64. The molecule has 0 bridgehead atoms. The van der Waals surface area contributed by atoms with Crippen LogP contribution < -0.4 is 0 Å². The molecule has 158 valence electrons. The van der Waals surface area contributed by atoms with Gasteiger partial charge in [-0.05, 0) is 38.5 Å². The van der Waals surface area contributed by atoms with E-state index in [0.29, 0.717) is 0 Å². The first-order valence-electron chi connectivity index (χ1n) is 12.3. The van der Waals surface area contributed by atoms with Crippen LogP contribution in [0.2, 0.25) is 0 Å². The van der Waals surface area contributed by atoms with Crippen LogP contribution in [-0.4, -0.2) is 23.4 Å². The first-order valence-corrected chi connectivity index (χ1v) is 14.6. The summed E-state index contributed by atoms with van der Waals surface area (Å²) in [5.41, 5.74) is 0. The van der Waals surface area contributed by atoms with Crippen LogP contribution in [0.3, 0.4) is 0 Å². The Labute approximate surface area is 167 Å². The fourth-order valence-electron chi connectivity index (χ4n) is 3.89. The lowest BCUT2D eigenvalue weighted by molar-refractivity contribution is 0.558. The number of unbranched alkanes of at least 4 members (excludes halogenated alkanes) is 15. The summed E-state index contributed by atoms with van der Waals surface area (Å²) in [5.74, 6) is 0. The predicted octanol–water partition coefficient (Wildman–Crippen LogP) is 8.99. The molecule has 0 saturated carbocycles. The number of hydrogen-bond acceptors (Lipinski definition) is 1. The zero-order valence-electron chi connectivity index (χ0n) is 18.7. The molecular weight excluding hydrogens is 335 g/mol. The molecule has 0 rings (SSSR count). The van der Waals surface area contributed by atoms with Crippen molar-refractivity contribution >= 4 is 7.49 Å². The second-order valence-electron chi connectivity index (χ2n) is 8.57. The lowest BCUT2D eigenvalue weighted by Gasteiger charge is -2.21. The van der Waals surface area contributed by atoms with Gasteiger partial charge in [-0.25, -0.2) is 0 Å². The molecule has 0 heterocycles. The van der Waals surface area contributed by atoms with E-state index < -0.39 is 7.49 Å². The largest absolute Gasteiger partial charge is 0.252 e. The molecular formula is C24H52OP+. The summed E-state index contributed by atoms with van der Waals surface area (Å²) < 4.78 is 0. The van der Waals surface area contributed by atoms with Gasteiger partial charge in [-0.1, -0.05) is 97.8 Å². The minimum atomic E-state index is -1.64. The summed E-state index contributed by atoms with van der Waals surface area (Å²) >= 11 is 0. The first-order chi connectivity index (χ1) is 12.7. The third-order valence-corrected chi connectivity index (χ3v) is 9.23. The maximum absolute atomic E-state index is 11.3. The Morgan fingerprint density at radius 1 is 0.385 bits per heavy atom. The minimum absolute atomic E-state index is 1.16. The molecule has 0 spiro atoms. The molecule has 0 atom stereocenters. The molecule has 0 aliphatic heterocycles. The fraction of sp³-hybridized carbons (Fsp3) is 1.00. The highest BCUT2D eigenvalue weighted by molar-refractivity contribution is 7.70. The Balaban J connectivity index is 4.02. The monoisotopic (exact) mass is 387 g/mol. The molecule has 0 aromatic carbocycles. The van der Waals surface area contributed by atoms with Crippen LogP contribution in [0.4, 0.5) is 0 Å². The highest BCUT2D eigenvalue weighted by Crippen LogP contribution is 2.56. The zero-order valence-corrected chi connectivity index (χ0v) is 19.6. The standard InChI is InChI=1S/C24H52OP/c1-4-7-10-13-16-19-22-26(25,23-20-17-14-11-8-5-2)24-21-18-15-12-9-6-3/h25H,4-24H2,1-3H3/q+1. The van der Waals surface area contributed by atoms with E-state index in [1.54, 1.807) is 0 Å². The average molecular weight is 388 g/mol. The second kappa shape index (κ2) is 20.1. The molecule has 0 fully saturated rings. The summed E-state index contributed by atoms with van der Waals surface area (Å²) in [6.45, 7) is 6.85. The fourth-order valence-corrected chi connectivity index (χ4v) is 7.00. The smallest absolute Gasteiger partial charge is 0.142 e. The van der Waals surface area contributed by atoms with E-state index in [-0.39, 0.29) is 0 Å². The van der Waals surface area contributed by atoms with Crippen LogP contribution in [0, 0.1) is 0 Å². The normalized spacial score (nSPS) is 12.0. The molecule has 1 N–H and O–H groups in total. The molecule has 0 aliphatic rings. The predicted molar refractivity (Wildman–Crippen MR) is 124 cm³/mol. The van der Waals surface area contributed by atoms with E-state index in [1.807, 2.05) is 0 Å². The maximum atomic E-state index is 11.3. The minimum Gasteiger partial charge on any atom is -0.252 e. The topological polar surface area (TPSA) is 20.2 Å². The second-order valence-corrected chi connectivity index (χ2v) is 12.1. The van der Waals surface area contributed by atoms with Crippen LogP contribution in [0.25, 0.3) is 0 Å². The molecule has 26 heavy (non-hydrogen) atoms. The summed E-state index contributed by atoms with van der Waals surface area (Å²) in [5, 5.41) is 0. The van der Waals surface area contributed by atoms with Crippen LogP contribution in [0.5, 0.6) is 0 Å². The quantitative estimate of drug-likeness (QED) is 0.154. The van der Waals surface area contributed by atoms with Gasteiger partial charge in [0.05, 0.1) is 18.5 Å². The third-order valence-electron chi connectivity index (χ3n) is 5.78. The van der Waals surface area contributed by atoms with Gasteiger partial charge < -0.3 is 0 Å². The Morgan fingerprint density at radius 3 is 0.885 bits per heavy atom. The van der Waals surface area contributed by atoms with Crippen LogP contribution in [-0.2, 0) is 0 Å². The molecule has 1 nitrogen and oxygen atoms in total. The maximum Gasteiger partial charge on any atom is 0.142 e. The Bertz CT molecular complexity index is 226. The van der Waals surface area contributed by atoms with Crippen LogP contribution in [0.1, 0.15) is 136 Å². The third kappa shape index (κ3) is 17.8. The van der Waals surface area contributed by atoms with Crippen molar-refractivity contribution in [3.05, 3.63) is 0 Å². The summed E-state index contributed by atoms with van der Waals surface area (Å²) in [7, 11) is -1.64. The first kappa shape index (κ1) is 26.4. The lowest BCUT2D eigenvalue weighted by atomic mass is 10.1. The van der Waals surface area contributed by atoms with E-state index in [9.17, 15) is 4.89 Å². The Kier molecular flexibility index (Phi) is 20.4. The van der Waals surface area contributed by atoms with Gasteiger partial charge in [-0.3, -0.25) is 4.89 Å². The van der Waals surface area contributed by atoms with Gasteiger partial charge in [0.25, 0.3) is 0 Å². The molecule has 2 heteroatoms. The Morgan fingerprint density at radius 2 is 0.615 bits per heavy atom. The zero-order chi connectivity index (χ0) is 19.3. The van der Waals surface area contributed by atoms with Gasteiger partial charge in [-0.2, -0.15) is 0 Å². The molecule has 0 saturated heterocycles. The van der Waals surface area contributed by atoms with E-state index >= 15 is 0 Å². The number of hydrogen-bond donors (Lipinski definition) is 1. The van der Waals surface area contributed by atoms with Crippen molar-refractivity contribution in [1.82, 2.24) is 0 Å². The van der Waals surface area contributed by atoms with Gasteiger partial charge in [0.1, 0.15) is 7.49 Å². The van der Waals surface area contributed by atoms with Crippen molar-refractivity contribution in [2.24, 2.45) is 0 Å². The van der Waals surface area contributed by atoms with Crippen molar-refractivity contribution in [1.29, 1.82) is 0 Å². The van der Waals surface area contributed by atoms with Crippen molar-refractivity contribution in [2.75, 3.05) is 18.5 Å². The van der Waals surface area contributed by atoms with E-state index in [0.717, 1.165) is 18.5 Å². The molecule has 0 aromatic heterocycles. The van der Waals surface area contributed by atoms with Crippen molar-refractivity contribution < 1.29 is 4.89 Å². The van der Waals surface area contributed by atoms with E-state index in [2.05, 4.69) is 20.8 Å². The summed E-state index contributed by atoms with van der Waals surface area (Å²) in [4.78, 5) is 11.3. The molecule has 0 amide bonds. The highest BCUT2D eigenvalue weighted by Gasteiger charge is 2.33. The molecule has 0 unspecified atom stereocenters. The van der Waals surface area contributed by atoms with Gasteiger partial charge in [0.15, 0.2) is 0 Å². The van der Waals surface area contributed by atoms with E-state index in [1.165, 1.54) is 116 Å². The van der Waals surface area contributed by atoms with E-state index in [4.69, 9.17) is 0 Å². The summed E-state index contributed by atoms with van der Waals surface area (Å²) in [6, 6.07) is 0. The van der Waals surface area contributed by atoms with Gasteiger partial charge in [0, 0.05) is 0 Å². The van der Waals surface area contributed by atoms with Gasteiger partial charge >= 0.3 is 0 Å². The summed E-state index contributed by atoms with van der Waals surface area (Å²) in [6.07, 6.45) is 27.8. The lowest BCUT2D eigenvalue weighted by Crippen LogP contribution is -2.08. The molecule has 0 aliphatic carbocycles. The molecule has 0 aromatic rings. The van der Waals surface area contributed by atoms with Crippen molar-refractivity contribution in [3.63, 3.8) is 0 Å². The van der Waals surface area contributed by atoms with Gasteiger partial charge in [-0.15, -0.1) is 0 Å². The van der Waals surface area contributed by atoms with Crippen molar-refractivity contribution in [3.8, 4) is 0 Å². The SMILES string of the molecule is CCCCCCCC[P+](O)(CCCCCCCC)CCCCCCCC. The molecule has 0 radical (unpaired) electrons. The highest BCUT2D eigenvalue weighted by atomic mass is 31.2. The Hall–Kier alpha value is 0.390.